The van der Waals surface area contributed by atoms with Crippen LogP contribution in [-0.4, -0.2) is 34.2 Å². The van der Waals surface area contributed by atoms with E-state index in [0.717, 1.165) is 0 Å². The number of halogens is 3. The normalized spacial score (nSPS) is 12.5. The van der Waals surface area contributed by atoms with Crippen molar-refractivity contribution in [1.29, 1.82) is 0 Å². The van der Waals surface area contributed by atoms with Crippen molar-refractivity contribution >= 4 is 27.3 Å². The van der Waals surface area contributed by atoms with E-state index in [1.165, 1.54) is 12.1 Å². The summed E-state index contributed by atoms with van der Waals surface area (Å²) in [4.78, 5) is 0.192. The zero-order chi connectivity index (χ0) is 16.7. The number of nitrogens with zero attached hydrogens (tertiary/aromatic N) is 4. The van der Waals surface area contributed by atoms with Gasteiger partial charge < -0.3 is 4.52 Å². The fourth-order valence-electron chi connectivity index (χ4n) is 1.50. The second kappa shape index (κ2) is 5.31. The number of tetrazole rings is 1. The number of hydrogen-bond donors (Lipinski definition) is 2. The molecule has 0 unspecified atom stereocenters. The highest BCUT2D eigenvalue weighted by Gasteiger charge is 2.36. The quantitative estimate of drug-likeness (QED) is 0.720. The van der Waals surface area contributed by atoms with Crippen LogP contribution in [-0.2, 0) is 16.2 Å². The molecule has 14 heteroatoms. The Balaban J connectivity index is 1.87. The predicted octanol–water partition coefficient (Wildman–Crippen LogP) is 1.74. The molecule has 0 aromatic carbocycles. The summed E-state index contributed by atoms with van der Waals surface area (Å²) in [5, 5.41) is 15.4. The van der Waals surface area contributed by atoms with Crippen LogP contribution in [0.4, 0.5) is 19.1 Å². The second-order valence-corrected chi connectivity index (χ2v) is 7.03. The van der Waals surface area contributed by atoms with Gasteiger partial charge in [0.2, 0.25) is 5.76 Å². The van der Waals surface area contributed by atoms with Crippen molar-refractivity contribution in [1.82, 2.24) is 25.8 Å². The molecule has 2 N–H and O–H groups in total. The molecule has 0 amide bonds. The van der Waals surface area contributed by atoms with Gasteiger partial charge in [-0.15, -0.1) is 16.4 Å². The van der Waals surface area contributed by atoms with E-state index in [0.29, 0.717) is 17.4 Å². The van der Waals surface area contributed by atoms with Gasteiger partial charge in [0.25, 0.3) is 16.0 Å². The summed E-state index contributed by atoms with van der Waals surface area (Å²) >= 11 is 0.712. The van der Waals surface area contributed by atoms with E-state index in [-0.39, 0.29) is 20.7 Å². The van der Waals surface area contributed by atoms with E-state index in [1.54, 1.807) is 0 Å². The Bertz CT molecular complexity index is 915. The van der Waals surface area contributed by atoms with Gasteiger partial charge in [-0.05, 0) is 17.3 Å². The number of sulfonamides is 1. The number of H-pyrrole nitrogens is 1. The summed E-state index contributed by atoms with van der Waals surface area (Å²) in [6.45, 7) is 0. The highest BCUT2D eigenvalue weighted by Crippen LogP contribution is 2.35. The number of nitrogens with one attached hydrogen (secondary N) is 2. The Hall–Kier alpha value is -2.48. The molecule has 3 heterocycles. The molecule has 0 fully saturated rings. The van der Waals surface area contributed by atoms with E-state index in [1.807, 2.05) is 0 Å². The first kappa shape index (κ1) is 15.4. The Morgan fingerprint density at radius 2 is 2.09 bits per heavy atom. The lowest BCUT2D eigenvalue weighted by molar-refractivity contribution is -0.155. The molecule has 3 rings (SSSR count). The van der Waals surface area contributed by atoms with Gasteiger partial charge in [0.1, 0.15) is 9.90 Å². The van der Waals surface area contributed by atoms with Crippen molar-refractivity contribution in [3.63, 3.8) is 0 Å². The van der Waals surface area contributed by atoms with E-state index in [2.05, 4.69) is 35.0 Å². The Morgan fingerprint density at radius 3 is 2.70 bits per heavy atom. The predicted molar refractivity (Wildman–Crippen MR) is 69.8 cm³/mol. The van der Waals surface area contributed by atoms with E-state index in [9.17, 15) is 21.6 Å². The Labute approximate surface area is 129 Å². The first-order valence-electron chi connectivity index (χ1n) is 5.66. The largest absolute Gasteiger partial charge is 0.452 e. The topological polar surface area (TPSA) is 127 Å². The summed E-state index contributed by atoms with van der Waals surface area (Å²) < 4.78 is 67.6. The van der Waals surface area contributed by atoms with Crippen LogP contribution in [0.3, 0.4) is 0 Å². The van der Waals surface area contributed by atoms with Crippen LogP contribution < -0.4 is 4.72 Å². The minimum Gasteiger partial charge on any atom is -0.351 e. The van der Waals surface area contributed by atoms with Gasteiger partial charge in [-0.1, -0.05) is 10.3 Å². The first-order valence-corrected chi connectivity index (χ1v) is 7.96. The summed E-state index contributed by atoms with van der Waals surface area (Å²) in [6.07, 6.45) is -4.67. The van der Waals surface area contributed by atoms with Gasteiger partial charge in [0, 0.05) is 6.07 Å². The molecule has 3 aromatic rings. The number of aromatic nitrogens is 5. The van der Waals surface area contributed by atoms with Crippen LogP contribution in [0, 0.1) is 0 Å². The number of hydrogen-bond acceptors (Lipinski definition) is 8. The highest BCUT2D eigenvalue weighted by atomic mass is 32.2. The maximum Gasteiger partial charge on any atom is 0.452 e. The minimum absolute atomic E-state index is 0.122. The van der Waals surface area contributed by atoms with Crippen molar-refractivity contribution < 1.29 is 26.1 Å². The number of alkyl halides is 3. The zero-order valence-corrected chi connectivity index (χ0v) is 12.3. The third kappa shape index (κ3) is 3.16. The first-order chi connectivity index (χ1) is 10.8. The molecule has 0 saturated carbocycles. The maximum absolute atomic E-state index is 12.5. The van der Waals surface area contributed by atoms with Crippen molar-refractivity contribution in [3.8, 4) is 10.6 Å². The van der Waals surface area contributed by atoms with Gasteiger partial charge in [0.15, 0.2) is 0 Å². The second-order valence-electron chi connectivity index (χ2n) is 4.03. The number of rotatable bonds is 4. The molecule has 3 aromatic heterocycles. The summed E-state index contributed by atoms with van der Waals surface area (Å²) in [5.74, 6) is -1.53. The number of anilines is 1. The molecular formula is C9H5F3N6O3S2. The molecule has 0 aliphatic heterocycles. The Kier molecular flexibility index (Phi) is 3.56. The smallest absolute Gasteiger partial charge is 0.351 e. The van der Waals surface area contributed by atoms with E-state index >= 15 is 0 Å². The van der Waals surface area contributed by atoms with Crippen molar-refractivity contribution in [2.24, 2.45) is 0 Å². The summed E-state index contributed by atoms with van der Waals surface area (Å²) in [7, 11) is -3.99. The van der Waals surface area contributed by atoms with Crippen molar-refractivity contribution in [2.45, 2.75) is 10.4 Å². The Morgan fingerprint density at radius 1 is 1.30 bits per heavy atom. The van der Waals surface area contributed by atoms with Gasteiger partial charge >= 0.3 is 6.18 Å². The van der Waals surface area contributed by atoms with Crippen LogP contribution >= 0.6 is 11.3 Å². The van der Waals surface area contributed by atoms with Crippen LogP contribution in [0.2, 0.25) is 0 Å². The molecule has 0 radical (unpaired) electrons. The molecule has 0 aliphatic carbocycles. The highest BCUT2D eigenvalue weighted by molar-refractivity contribution is 7.94. The lowest BCUT2D eigenvalue weighted by Gasteiger charge is -1.99. The summed E-state index contributed by atoms with van der Waals surface area (Å²) in [5.41, 5.74) is -0.122. The molecule has 0 atom stereocenters. The third-order valence-corrected chi connectivity index (χ3v) is 5.39. The molecule has 23 heavy (non-hydrogen) atoms. The van der Waals surface area contributed by atoms with Crippen LogP contribution in [0.5, 0.6) is 0 Å². The SMILES string of the molecule is O=S(=O)(Nc1nn[nH]n1)c1ccc(-c2cc(C(F)(F)F)on2)s1. The van der Waals surface area contributed by atoms with Gasteiger partial charge in [-0.3, -0.25) is 0 Å². The van der Waals surface area contributed by atoms with Gasteiger partial charge in [-0.25, -0.2) is 13.1 Å². The van der Waals surface area contributed by atoms with Crippen LogP contribution in [0.15, 0.2) is 26.9 Å². The van der Waals surface area contributed by atoms with E-state index < -0.39 is 22.0 Å². The summed E-state index contributed by atoms with van der Waals surface area (Å²) in [6, 6.07) is 3.21. The monoisotopic (exact) mass is 366 g/mol. The van der Waals surface area contributed by atoms with Crippen LogP contribution in [0.25, 0.3) is 10.6 Å². The van der Waals surface area contributed by atoms with Gasteiger partial charge in [-0.2, -0.15) is 18.4 Å². The average molecular weight is 366 g/mol. The van der Waals surface area contributed by atoms with E-state index in [4.69, 9.17) is 0 Å². The number of thiophene rings is 1. The van der Waals surface area contributed by atoms with Gasteiger partial charge in [0.05, 0.1) is 4.88 Å². The molecule has 0 bridgehead atoms. The molecule has 0 spiro atoms. The standard InChI is InChI=1S/C9H5F3N6O3S2/c10-9(11,12)6-3-4(15-21-6)5-1-2-7(22-5)23(19,20)16-8-13-17-18-14-8/h1-3H,(H2,13,14,16,17,18). The molecule has 9 nitrogen and oxygen atoms in total. The minimum atomic E-state index is -4.67. The molecule has 0 aliphatic rings. The molecule has 0 saturated heterocycles. The number of aromatic amines is 1. The van der Waals surface area contributed by atoms with Crippen molar-refractivity contribution in [2.75, 3.05) is 4.72 Å². The fraction of sp³-hybridized carbons (Fsp3) is 0.111. The maximum atomic E-state index is 12.5. The lowest BCUT2D eigenvalue weighted by atomic mass is 10.3. The lowest BCUT2D eigenvalue weighted by Crippen LogP contribution is -2.12. The molecule has 122 valence electrons. The molecular weight excluding hydrogens is 361 g/mol. The van der Waals surface area contributed by atoms with Crippen molar-refractivity contribution in [3.05, 3.63) is 24.0 Å². The zero-order valence-electron chi connectivity index (χ0n) is 10.7. The fourth-order valence-corrected chi connectivity index (χ4v) is 3.70. The average Bonchev–Trinajstić information content (AvgIpc) is 3.18. The van der Waals surface area contributed by atoms with Crippen LogP contribution in [0.1, 0.15) is 5.76 Å². The third-order valence-electron chi connectivity index (χ3n) is 2.46.